The van der Waals surface area contributed by atoms with Gasteiger partial charge >= 0.3 is 5.97 Å². The molecule has 62 valence electrons. The molecule has 0 spiro atoms. The van der Waals surface area contributed by atoms with E-state index in [0.717, 1.165) is 5.56 Å². The van der Waals surface area contributed by atoms with E-state index in [0.29, 0.717) is 5.76 Å². The summed E-state index contributed by atoms with van der Waals surface area (Å²) in [6, 6.07) is 3.45. The van der Waals surface area contributed by atoms with Gasteiger partial charge in [0.15, 0.2) is 0 Å². The molecule has 0 fully saturated rings. The van der Waals surface area contributed by atoms with Crippen LogP contribution >= 0.6 is 0 Å². The summed E-state index contributed by atoms with van der Waals surface area (Å²) < 4.78 is 4.78. The standard InChI is InChI=1S/C9H9NO2/c1-7(12-8(2)11)9-3-5-10-6-4-9/h3-6H,1H2,2H3. The van der Waals surface area contributed by atoms with Crippen molar-refractivity contribution in [2.75, 3.05) is 0 Å². The summed E-state index contributed by atoms with van der Waals surface area (Å²) in [6.07, 6.45) is 3.23. The summed E-state index contributed by atoms with van der Waals surface area (Å²) in [4.78, 5) is 14.4. The second kappa shape index (κ2) is 3.67. The molecular weight excluding hydrogens is 154 g/mol. The van der Waals surface area contributed by atoms with Gasteiger partial charge in [-0.1, -0.05) is 6.58 Å². The van der Waals surface area contributed by atoms with Gasteiger partial charge in [0, 0.05) is 24.9 Å². The maximum absolute atomic E-state index is 10.5. The highest BCUT2D eigenvalue weighted by atomic mass is 16.5. The second-order valence-electron chi connectivity index (χ2n) is 2.25. The molecule has 0 bridgehead atoms. The molecule has 1 heterocycles. The molecule has 0 aliphatic carbocycles. The van der Waals surface area contributed by atoms with Crippen molar-refractivity contribution >= 4 is 11.7 Å². The van der Waals surface area contributed by atoms with Crippen molar-refractivity contribution < 1.29 is 9.53 Å². The van der Waals surface area contributed by atoms with E-state index in [4.69, 9.17) is 4.74 Å². The molecule has 0 aromatic carbocycles. The van der Waals surface area contributed by atoms with Crippen LogP contribution in [0.3, 0.4) is 0 Å². The van der Waals surface area contributed by atoms with Crippen molar-refractivity contribution in [3.63, 3.8) is 0 Å². The Labute approximate surface area is 70.7 Å². The molecule has 1 aromatic heterocycles. The highest BCUT2D eigenvalue weighted by Gasteiger charge is 2.00. The molecule has 0 atom stereocenters. The molecule has 0 aliphatic rings. The quantitative estimate of drug-likeness (QED) is 0.491. The van der Waals surface area contributed by atoms with Gasteiger partial charge in [0.2, 0.25) is 0 Å². The fourth-order valence-corrected chi connectivity index (χ4v) is 0.770. The Kier molecular flexibility index (Phi) is 2.58. The Balaban J connectivity index is 2.73. The minimum Gasteiger partial charge on any atom is -0.427 e. The van der Waals surface area contributed by atoms with Crippen molar-refractivity contribution in [2.24, 2.45) is 0 Å². The van der Waals surface area contributed by atoms with Crippen LogP contribution < -0.4 is 0 Å². The molecule has 1 rings (SSSR count). The van der Waals surface area contributed by atoms with Gasteiger partial charge in [-0.2, -0.15) is 0 Å². The topological polar surface area (TPSA) is 39.2 Å². The molecule has 0 N–H and O–H groups in total. The lowest BCUT2D eigenvalue weighted by atomic mass is 10.2. The van der Waals surface area contributed by atoms with E-state index in [1.54, 1.807) is 24.5 Å². The molecule has 3 nitrogen and oxygen atoms in total. The van der Waals surface area contributed by atoms with Crippen LogP contribution in [0, 0.1) is 0 Å². The molecule has 0 aliphatic heterocycles. The van der Waals surface area contributed by atoms with Gasteiger partial charge in [0.05, 0.1) is 0 Å². The van der Waals surface area contributed by atoms with Crippen LogP contribution in [0.25, 0.3) is 5.76 Å². The first-order valence-corrected chi connectivity index (χ1v) is 3.48. The fourth-order valence-electron chi connectivity index (χ4n) is 0.770. The minimum absolute atomic E-state index is 0.352. The Morgan fingerprint density at radius 3 is 2.58 bits per heavy atom. The van der Waals surface area contributed by atoms with Crippen molar-refractivity contribution in [1.82, 2.24) is 4.98 Å². The number of aromatic nitrogens is 1. The number of hydrogen-bond acceptors (Lipinski definition) is 3. The SMILES string of the molecule is C=C(OC(C)=O)c1ccncc1. The lowest BCUT2D eigenvalue weighted by Gasteiger charge is -2.03. The summed E-state index contributed by atoms with van der Waals surface area (Å²) in [7, 11) is 0. The van der Waals surface area contributed by atoms with Crippen LogP contribution in [0.2, 0.25) is 0 Å². The average Bonchev–Trinajstić information content (AvgIpc) is 2.05. The Morgan fingerprint density at radius 2 is 2.08 bits per heavy atom. The number of ether oxygens (including phenoxy) is 1. The Bertz CT molecular complexity index is 293. The van der Waals surface area contributed by atoms with E-state index < -0.39 is 0 Å². The van der Waals surface area contributed by atoms with Gasteiger partial charge in [-0.25, -0.2) is 0 Å². The number of hydrogen-bond donors (Lipinski definition) is 0. The van der Waals surface area contributed by atoms with Gasteiger partial charge in [0.1, 0.15) is 5.76 Å². The third-order valence-electron chi connectivity index (χ3n) is 1.27. The second-order valence-corrected chi connectivity index (χ2v) is 2.25. The maximum Gasteiger partial charge on any atom is 0.308 e. The van der Waals surface area contributed by atoms with Crippen LogP contribution in [0.1, 0.15) is 12.5 Å². The predicted molar refractivity (Wildman–Crippen MR) is 45.0 cm³/mol. The van der Waals surface area contributed by atoms with E-state index >= 15 is 0 Å². The first-order chi connectivity index (χ1) is 5.70. The van der Waals surface area contributed by atoms with Crippen LogP contribution in [0.4, 0.5) is 0 Å². The third kappa shape index (κ3) is 2.20. The summed E-state index contributed by atoms with van der Waals surface area (Å²) in [5.74, 6) is -0.0123. The van der Waals surface area contributed by atoms with Crippen molar-refractivity contribution in [3.05, 3.63) is 36.7 Å². The van der Waals surface area contributed by atoms with E-state index in [1.165, 1.54) is 6.92 Å². The van der Waals surface area contributed by atoms with Crippen LogP contribution in [0.15, 0.2) is 31.1 Å². The molecule has 0 saturated carbocycles. The van der Waals surface area contributed by atoms with Crippen molar-refractivity contribution in [3.8, 4) is 0 Å². The van der Waals surface area contributed by atoms with Crippen LogP contribution in [-0.2, 0) is 9.53 Å². The number of nitrogens with zero attached hydrogens (tertiary/aromatic N) is 1. The molecular formula is C9H9NO2. The maximum atomic E-state index is 10.5. The molecule has 1 aromatic rings. The van der Waals surface area contributed by atoms with Crippen LogP contribution in [0.5, 0.6) is 0 Å². The summed E-state index contributed by atoms with van der Waals surface area (Å²) in [5.41, 5.74) is 0.764. The zero-order valence-corrected chi connectivity index (χ0v) is 6.78. The molecule has 0 unspecified atom stereocenters. The van der Waals surface area contributed by atoms with Crippen molar-refractivity contribution in [2.45, 2.75) is 6.92 Å². The zero-order chi connectivity index (χ0) is 8.97. The number of pyridine rings is 1. The Hall–Kier alpha value is -1.64. The zero-order valence-electron chi connectivity index (χ0n) is 6.78. The summed E-state index contributed by atoms with van der Waals surface area (Å²) in [6.45, 7) is 4.93. The number of esters is 1. The van der Waals surface area contributed by atoms with Crippen molar-refractivity contribution in [1.29, 1.82) is 0 Å². The average molecular weight is 163 g/mol. The number of carbonyl (C=O) groups is 1. The van der Waals surface area contributed by atoms with Gasteiger partial charge < -0.3 is 4.74 Å². The lowest BCUT2D eigenvalue weighted by Crippen LogP contribution is -1.96. The molecule has 0 radical (unpaired) electrons. The molecule has 0 amide bonds. The highest BCUT2D eigenvalue weighted by molar-refractivity contribution is 5.75. The highest BCUT2D eigenvalue weighted by Crippen LogP contribution is 2.11. The normalized spacial score (nSPS) is 9.08. The van der Waals surface area contributed by atoms with Gasteiger partial charge in [-0.15, -0.1) is 0 Å². The Morgan fingerprint density at radius 1 is 1.50 bits per heavy atom. The van der Waals surface area contributed by atoms with E-state index in [2.05, 4.69) is 11.6 Å². The van der Waals surface area contributed by atoms with E-state index in [-0.39, 0.29) is 5.97 Å². The smallest absolute Gasteiger partial charge is 0.308 e. The fraction of sp³-hybridized carbons (Fsp3) is 0.111. The lowest BCUT2D eigenvalue weighted by molar-refractivity contribution is -0.134. The largest absolute Gasteiger partial charge is 0.427 e. The summed E-state index contributed by atoms with van der Waals surface area (Å²) in [5, 5.41) is 0. The first kappa shape index (κ1) is 8.46. The van der Waals surface area contributed by atoms with Gasteiger partial charge in [0.25, 0.3) is 0 Å². The van der Waals surface area contributed by atoms with Gasteiger partial charge in [-0.05, 0) is 12.1 Å². The number of carbonyl (C=O) groups excluding carboxylic acids is 1. The number of rotatable bonds is 2. The molecule has 0 saturated heterocycles. The third-order valence-corrected chi connectivity index (χ3v) is 1.27. The molecule has 12 heavy (non-hydrogen) atoms. The van der Waals surface area contributed by atoms with Gasteiger partial charge in [-0.3, -0.25) is 9.78 Å². The van der Waals surface area contributed by atoms with E-state index in [1.807, 2.05) is 0 Å². The van der Waals surface area contributed by atoms with Crippen LogP contribution in [-0.4, -0.2) is 11.0 Å². The summed E-state index contributed by atoms with van der Waals surface area (Å²) >= 11 is 0. The predicted octanol–water partition coefficient (Wildman–Crippen LogP) is 1.62. The first-order valence-electron chi connectivity index (χ1n) is 3.48. The minimum atomic E-state index is -0.364. The molecule has 3 heteroatoms. The monoisotopic (exact) mass is 163 g/mol. The van der Waals surface area contributed by atoms with E-state index in [9.17, 15) is 4.79 Å².